The standard InChI is InChI=1S/C16H17Br3O/c1-2-3-6-9-20-14-10-13(16(18)19)15(17)12-8-5-4-7-11(12)14/h4-5,7-8,10,16H,2-3,6,9H2,1H3. The first kappa shape index (κ1) is 16.3. The zero-order valence-electron chi connectivity index (χ0n) is 11.3. The summed E-state index contributed by atoms with van der Waals surface area (Å²) in [6, 6.07) is 10.4. The van der Waals surface area contributed by atoms with Crippen LogP contribution in [0.1, 0.15) is 35.5 Å². The van der Waals surface area contributed by atoms with Gasteiger partial charge in [-0.1, -0.05) is 75.9 Å². The van der Waals surface area contributed by atoms with Crippen LogP contribution in [-0.4, -0.2) is 6.61 Å². The summed E-state index contributed by atoms with van der Waals surface area (Å²) < 4.78 is 7.21. The Balaban J connectivity index is 2.39. The molecule has 0 atom stereocenters. The first-order chi connectivity index (χ1) is 9.65. The van der Waals surface area contributed by atoms with Gasteiger partial charge < -0.3 is 4.74 Å². The van der Waals surface area contributed by atoms with Gasteiger partial charge in [0.2, 0.25) is 0 Å². The van der Waals surface area contributed by atoms with E-state index in [1.807, 2.05) is 6.07 Å². The predicted molar refractivity (Wildman–Crippen MR) is 97.3 cm³/mol. The Kier molecular flexibility index (Phi) is 6.37. The van der Waals surface area contributed by atoms with Gasteiger partial charge in [-0.3, -0.25) is 0 Å². The zero-order valence-corrected chi connectivity index (χ0v) is 16.1. The van der Waals surface area contributed by atoms with Gasteiger partial charge in [0.15, 0.2) is 0 Å². The number of fused-ring (bicyclic) bond motifs is 1. The molecule has 0 amide bonds. The quantitative estimate of drug-likeness (QED) is 0.331. The average Bonchev–Trinajstić information content (AvgIpc) is 2.45. The Morgan fingerprint density at radius 1 is 1.10 bits per heavy atom. The van der Waals surface area contributed by atoms with E-state index < -0.39 is 0 Å². The second-order valence-electron chi connectivity index (χ2n) is 4.68. The highest BCUT2D eigenvalue weighted by Crippen LogP contribution is 2.42. The van der Waals surface area contributed by atoms with Crippen molar-refractivity contribution in [1.29, 1.82) is 0 Å². The molecule has 108 valence electrons. The number of hydrogen-bond acceptors (Lipinski definition) is 1. The number of unbranched alkanes of at least 4 members (excludes halogenated alkanes) is 2. The number of alkyl halides is 2. The molecule has 4 heteroatoms. The monoisotopic (exact) mass is 462 g/mol. The summed E-state index contributed by atoms with van der Waals surface area (Å²) in [7, 11) is 0. The summed E-state index contributed by atoms with van der Waals surface area (Å²) in [5.74, 6) is 0.957. The van der Waals surface area contributed by atoms with Crippen molar-refractivity contribution in [2.45, 2.75) is 29.9 Å². The Morgan fingerprint density at radius 2 is 1.80 bits per heavy atom. The topological polar surface area (TPSA) is 9.23 Å². The molecule has 0 saturated heterocycles. The third-order valence-electron chi connectivity index (χ3n) is 3.21. The average molecular weight is 465 g/mol. The van der Waals surface area contributed by atoms with E-state index in [1.54, 1.807) is 0 Å². The van der Waals surface area contributed by atoms with E-state index in [-0.39, 0.29) is 3.74 Å². The van der Waals surface area contributed by atoms with Crippen molar-refractivity contribution in [3.8, 4) is 5.75 Å². The largest absolute Gasteiger partial charge is 0.493 e. The van der Waals surface area contributed by atoms with E-state index in [4.69, 9.17) is 4.74 Å². The van der Waals surface area contributed by atoms with Crippen LogP contribution in [0.2, 0.25) is 0 Å². The van der Waals surface area contributed by atoms with Gasteiger partial charge in [-0.15, -0.1) is 0 Å². The van der Waals surface area contributed by atoms with E-state index in [0.29, 0.717) is 0 Å². The van der Waals surface area contributed by atoms with Crippen LogP contribution in [0.3, 0.4) is 0 Å². The van der Waals surface area contributed by atoms with Gasteiger partial charge in [0.25, 0.3) is 0 Å². The summed E-state index contributed by atoms with van der Waals surface area (Å²) in [5, 5.41) is 2.33. The van der Waals surface area contributed by atoms with E-state index in [1.165, 1.54) is 18.2 Å². The minimum absolute atomic E-state index is 0.104. The molecule has 2 aromatic rings. The van der Waals surface area contributed by atoms with Crippen molar-refractivity contribution in [2.24, 2.45) is 0 Å². The molecule has 0 radical (unpaired) electrons. The molecule has 0 bridgehead atoms. The summed E-state index contributed by atoms with van der Waals surface area (Å²) in [5.41, 5.74) is 1.15. The second-order valence-corrected chi connectivity index (χ2v) is 8.53. The van der Waals surface area contributed by atoms with E-state index >= 15 is 0 Å². The zero-order chi connectivity index (χ0) is 14.5. The maximum absolute atomic E-state index is 6.00. The predicted octanol–water partition coefficient (Wildman–Crippen LogP) is 6.96. The molecular weight excluding hydrogens is 448 g/mol. The molecule has 0 aliphatic carbocycles. The lowest BCUT2D eigenvalue weighted by Gasteiger charge is -2.15. The lowest BCUT2D eigenvalue weighted by molar-refractivity contribution is 0.309. The number of benzene rings is 2. The Morgan fingerprint density at radius 3 is 2.45 bits per heavy atom. The molecule has 0 unspecified atom stereocenters. The first-order valence-electron chi connectivity index (χ1n) is 6.77. The number of hydrogen-bond donors (Lipinski definition) is 0. The highest BCUT2D eigenvalue weighted by Gasteiger charge is 2.14. The molecule has 0 spiro atoms. The van der Waals surface area contributed by atoms with Gasteiger partial charge in [-0.2, -0.15) is 0 Å². The third-order valence-corrected chi connectivity index (χ3v) is 5.08. The fraction of sp³-hybridized carbons (Fsp3) is 0.375. The van der Waals surface area contributed by atoms with E-state index in [9.17, 15) is 0 Å². The van der Waals surface area contributed by atoms with Crippen LogP contribution in [0.25, 0.3) is 10.8 Å². The van der Waals surface area contributed by atoms with Gasteiger partial charge in [-0.05, 0) is 39.4 Å². The first-order valence-corrected chi connectivity index (χ1v) is 9.39. The highest BCUT2D eigenvalue weighted by molar-refractivity contribution is 9.24. The molecule has 20 heavy (non-hydrogen) atoms. The lowest BCUT2D eigenvalue weighted by atomic mass is 10.1. The molecule has 0 heterocycles. The maximum atomic E-state index is 6.00. The number of rotatable bonds is 6. The molecule has 0 fully saturated rings. The summed E-state index contributed by atoms with van der Waals surface area (Å²) in [6.07, 6.45) is 3.52. The fourth-order valence-corrected chi connectivity index (χ4v) is 4.17. The molecule has 2 rings (SSSR count). The van der Waals surface area contributed by atoms with Crippen LogP contribution in [-0.2, 0) is 0 Å². The van der Waals surface area contributed by atoms with Crippen LogP contribution < -0.4 is 4.74 Å². The molecule has 1 nitrogen and oxygen atoms in total. The summed E-state index contributed by atoms with van der Waals surface area (Å²) in [4.78, 5) is 0. The molecular formula is C16H17Br3O. The summed E-state index contributed by atoms with van der Waals surface area (Å²) >= 11 is 10.8. The van der Waals surface area contributed by atoms with Crippen molar-refractivity contribution >= 4 is 58.6 Å². The second kappa shape index (κ2) is 7.81. The van der Waals surface area contributed by atoms with E-state index in [0.717, 1.165) is 34.2 Å². The van der Waals surface area contributed by atoms with Gasteiger partial charge in [-0.25, -0.2) is 0 Å². The summed E-state index contributed by atoms with van der Waals surface area (Å²) in [6.45, 7) is 2.97. The van der Waals surface area contributed by atoms with Gasteiger partial charge in [0.1, 0.15) is 5.75 Å². The Hall–Kier alpha value is -0.0600. The third kappa shape index (κ3) is 3.77. The SMILES string of the molecule is CCCCCOc1cc(C(Br)Br)c(Br)c2ccccc12. The van der Waals surface area contributed by atoms with Crippen molar-refractivity contribution in [2.75, 3.05) is 6.61 Å². The van der Waals surface area contributed by atoms with Crippen molar-refractivity contribution in [1.82, 2.24) is 0 Å². The fourth-order valence-electron chi connectivity index (χ4n) is 2.14. The molecule has 0 aromatic heterocycles. The minimum Gasteiger partial charge on any atom is -0.493 e. The normalized spacial score (nSPS) is 11.2. The maximum Gasteiger partial charge on any atom is 0.127 e. The van der Waals surface area contributed by atoms with Crippen LogP contribution in [0.15, 0.2) is 34.8 Å². The van der Waals surface area contributed by atoms with Gasteiger partial charge >= 0.3 is 0 Å². The van der Waals surface area contributed by atoms with Crippen LogP contribution >= 0.6 is 47.8 Å². The number of halogens is 3. The number of ether oxygens (including phenoxy) is 1. The molecule has 0 N–H and O–H groups in total. The lowest BCUT2D eigenvalue weighted by Crippen LogP contribution is -1.99. The molecule has 2 aromatic carbocycles. The minimum atomic E-state index is 0.104. The van der Waals surface area contributed by atoms with Gasteiger partial charge in [0, 0.05) is 9.86 Å². The van der Waals surface area contributed by atoms with Crippen molar-refractivity contribution < 1.29 is 4.74 Å². The van der Waals surface area contributed by atoms with Crippen molar-refractivity contribution in [3.05, 3.63) is 40.4 Å². The van der Waals surface area contributed by atoms with Crippen LogP contribution in [0.5, 0.6) is 5.75 Å². The van der Waals surface area contributed by atoms with Gasteiger partial charge in [0.05, 0.1) is 10.3 Å². The molecule has 0 saturated carbocycles. The highest BCUT2D eigenvalue weighted by atomic mass is 79.9. The molecule has 0 aliphatic rings. The van der Waals surface area contributed by atoms with Crippen LogP contribution in [0.4, 0.5) is 0 Å². The van der Waals surface area contributed by atoms with Crippen LogP contribution in [0, 0.1) is 0 Å². The molecule has 0 aliphatic heterocycles. The van der Waals surface area contributed by atoms with Crippen molar-refractivity contribution in [3.63, 3.8) is 0 Å². The Bertz CT molecular complexity index is 581. The Labute approximate surface area is 145 Å². The smallest absolute Gasteiger partial charge is 0.127 e. The van der Waals surface area contributed by atoms with E-state index in [2.05, 4.69) is 79.0 Å².